The zero-order valence-electron chi connectivity index (χ0n) is 15.8. The molecule has 6 nitrogen and oxygen atoms in total. The second-order valence-corrected chi connectivity index (χ2v) is 9.69. The number of imide groups is 1. The van der Waals surface area contributed by atoms with Gasteiger partial charge in [-0.1, -0.05) is 26.0 Å². The maximum absolute atomic E-state index is 13.0. The number of sulfonamides is 1. The molecule has 0 radical (unpaired) electrons. The Morgan fingerprint density at radius 2 is 1.32 bits per heavy atom. The van der Waals surface area contributed by atoms with E-state index < -0.39 is 21.8 Å². The van der Waals surface area contributed by atoms with E-state index >= 15 is 0 Å². The molecule has 2 unspecified atom stereocenters. The van der Waals surface area contributed by atoms with E-state index in [4.69, 9.17) is 0 Å². The van der Waals surface area contributed by atoms with Crippen LogP contribution in [-0.4, -0.2) is 37.6 Å². The van der Waals surface area contributed by atoms with Gasteiger partial charge in [0, 0.05) is 13.1 Å². The average molecular weight is 398 g/mol. The number of hydrogen-bond acceptors (Lipinski definition) is 4. The minimum atomic E-state index is -3.60. The zero-order chi connectivity index (χ0) is 20.1. The summed E-state index contributed by atoms with van der Waals surface area (Å²) in [6.45, 7) is 5.13. The average Bonchev–Trinajstić information content (AvgIpc) is 2.92. The molecule has 0 bridgehead atoms. The van der Waals surface area contributed by atoms with Crippen molar-refractivity contribution in [3.8, 4) is 0 Å². The van der Waals surface area contributed by atoms with E-state index in [0.717, 1.165) is 11.3 Å². The minimum Gasteiger partial charge on any atom is -0.268 e. The summed E-state index contributed by atoms with van der Waals surface area (Å²) in [4.78, 5) is 26.4. The lowest BCUT2D eigenvalue weighted by Crippen LogP contribution is -2.42. The van der Waals surface area contributed by atoms with Gasteiger partial charge in [-0.25, -0.2) is 13.3 Å². The standard InChI is InChI=1S/C21H22N2O4S/c1-14-11-15(2)13-22(12-14)28(26,27)17-9-7-16(8-10-17)23-20(24)18-5-3-4-6-19(18)21(23)25/h3-10,14-15H,11-13H2,1-2H3. The number of benzene rings is 2. The van der Waals surface area contributed by atoms with Crippen LogP contribution in [0.15, 0.2) is 53.4 Å². The minimum absolute atomic E-state index is 0.175. The lowest BCUT2D eigenvalue weighted by atomic mass is 9.94. The molecule has 2 aliphatic heterocycles. The molecule has 28 heavy (non-hydrogen) atoms. The number of piperidine rings is 1. The van der Waals surface area contributed by atoms with Gasteiger partial charge >= 0.3 is 0 Å². The van der Waals surface area contributed by atoms with Crippen LogP contribution < -0.4 is 4.90 Å². The number of carbonyl (C=O) groups excluding carboxylic acids is 2. The quantitative estimate of drug-likeness (QED) is 0.745. The van der Waals surface area contributed by atoms with Crippen molar-refractivity contribution in [2.45, 2.75) is 25.2 Å². The Balaban J connectivity index is 1.61. The van der Waals surface area contributed by atoms with Crippen molar-refractivity contribution in [2.24, 2.45) is 11.8 Å². The summed E-state index contributed by atoms with van der Waals surface area (Å²) in [6.07, 6.45) is 1.02. The molecular formula is C21H22N2O4S. The van der Waals surface area contributed by atoms with E-state index in [2.05, 4.69) is 13.8 Å². The lowest BCUT2D eigenvalue weighted by Gasteiger charge is -2.34. The molecule has 2 aromatic rings. The van der Waals surface area contributed by atoms with Gasteiger partial charge in [-0.15, -0.1) is 0 Å². The number of nitrogens with zero attached hydrogens (tertiary/aromatic N) is 2. The van der Waals surface area contributed by atoms with Gasteiger partial charge in [-0.2, -0.15) is 4.31 Å². The highest BCUT2D eigenvalue weighted by molar-refractivity contribution is 7.89. The monoisotopic (exact) mass is 398 g/mol. The SMILES string of the molecule is CC1CC(C)CN(S(=O)(=O)c2ccc(N3C(=O)c4ccccc4C3=O)cc2)C1. The third-order valence-electron chi connectivity index (χ3n) is 5.36. The van der Waals surface area contributed by atoms with Crippen LogP contribution in [0.1, 0.15) is 41.0 Å². The Hall–Kier alpha value is -2.51. The fourth-order valence-electron chi connectivity index (χ4n) is 4.14. The summed E-state index contributed by atoms with van der Waals surface area (Å²) in [5.41, 5.74) is 1.09. The molecule has 1 saturated heterocycles. The molecule has 7 heteroatoms. The lowest BCUT2D eigenvalue weighted by molar-refractivity contribution is 0.0926. The van der Waals surface area contributed by atoms with Gasteiger partial charge < -0.3 is 0 Å². The highest BCUT2D eigenvalue weighted by Crippen LogP contribution is 2.31. The molecular weight excluding hydrogens is 376 g/mol. The number of carbonyl (C=O) groups is 2. The Labute approximate surface area is 164 Å². The summed E-state index contributed by atoms with van der Waals surface area (Å²) in [7, 11) is -3.60. The highest BCUT2D eigenvalue weighted by atomic mass is 32.2. The fourth-order valence-corrected chi connectivity index (χ4v) is 5.82. The second kappa shape index (κ2) is 6.83. The molecule has 2 atom stereocenters. The van der Waals surface area contributed by atoms with Crippen LogP contribution in [0, 0.1) is 11.8 Å². The number of fused-ring (bicyclic) bond motifs is 1. The maximum atomic E-state index is 13.0. The van der Waals surface area contributed by atoms with Crippen molar-refractivity contribution in [3.63, 3.8) is 0 Å². The first kappa shape index (κ1) is 18.8. The van der Waals surface area contributed by atoms with E-state index in [9.17, 15) is 18.0 Å². The summed E-state index contributed by atoms with van der Waals surface area (Å²) in [5, 5.41) is 0. The topological polar surface area (TPSA) is 74.8 Å². The van der Waals surface area contributed by atoms with Gasteiger partial charge in [-0.05, 0) is 54.7 Å². The fraction of sp³-hybridized carbons (Fsp3) is 0.333. The Morgan fingerprint density at radius 1 is 0.821 bits per heavy atom. The van der Waals surface area contributed by atoms with Crippen LogP contribution in [0.25, 0.3) is 0 Å². The van der Waals surface area contributed by atoms with Crippen LogP contribution in [0.5, 0.6) is 0 Å². The molecule has 0 spiro atoms. The van der Waals surface area contributed by atoms with Gasteiger partial charge in [0.25, 0.3) is 11.8 Å². The first-order valence-corrected chi connectivity index (χ1v) is 10.8. The van der Waals surface area contributed by atoms with E-state index in [1.807, 2.05) is 0 Å². The molecule has 2 amide bonds. The Morgan fingerprint density at radius 3 is 1.82 bits per heavy atom. The van der Waals surface area contributed by atoms with Crippen molar-refractivity contribution in [2.75, 3.05) is 18.0 Å². The van der Waals surface area contributed by atoms with Crippen LogP contribution >= 0.6 is 0 Å². The third kappa shape index (κ3) is 3.04. The van der Waals surface area contributed by atoms with Crippen LogP contribution in [0.2, 0.25) is 0 Å². The van der Waals surface area contributed by atoms with Gasteiger partial charge in [0.05, 0.1) is 21.7 Å². The second-order valence-electron chi connectivity index (χ2n) is 7.75. The molecule has 0 N–H and O–H groups in total. The molecule has 2 heterocycles. The maximum Gasteiger partial charge on any atom is 0.266 e. The molecule has 2 aliphatic rings. The van der Waals surface area contributed by atoms with Crippen LogP contribution in [-0.2, 0) is 10.0 Å². The van der Waals surface area contributed by atoms with Gasteiger partial charge in [-0.3, -0.25) is 9.59 Å². The zero-order valence-corrected chi connectivity index (χ0v) is 16.6. The highest BCUT2D eigenvalue weighted by Gasteiger charge is 2.37. The first-order chi connectivity index (χ1) is 13.3. The van der Waals surface area contributed by atoms with E-state index in [1.165, 1.54) is 28.6 Å². The summed E-state index contributed by atoms with van der Waals surface area (Å²) >= 11 is 0. The summed E-state index contributed by atoms with van der Waals surface area (Å²) in [5.74, 6) is -0.155. The first-order valence-electron chi connectivity index (χ1n) is 9.37. The van der Waals surface area contributed by atoms with Gasteiger partial charge in [0.15, 0.2) is 0 Å². The molecule has 146 valence electrons. The Bertz CT molecular complexity index is 1000. The van der Waals surface area contributed by atoms with Crippen LogP contribution in [0.3, 0.4) is 0 Å². The number of rotatable bonds is 3. The van der Waals surface area contributed by atoms with Crippen LogP contribution in [0.4, 0.5) is 5.69 Å². The Kier molecular flexibility index (Phi) is 4.59. The molecule has 0 aliphatic carbocycles. The van der Waals surface area contributed by atoms with Crippen molar-refractivity contribution in [3.05, 3.63) is 59.7 Å². The van der Waals surface area contributed by atoms with Gasteiger partial charge in [0.1, 0.15) is 0 Å². The summed E-state index contributed by atoms with van der Waals surface area (Å²) in [6, 6.07) is 12.6. The largest absolute Gasteiger partial charge is 0.268 e. The molecule has 4 rings (SSSR count). The molecule has 0 aromatic heterocycles. The molecule has 2 aromatic carbocycles. The molecule has 1 fully saturated rings. The number of hydrogen-bond donors (Lipinski definition) is 0. The smallest absolute Gasteiger partial charge is 0.266 e. The van der Waals surface area contributed by atoms with Crippen molar-refractivity contribution >= 4 is 27.5 Å². The molecule has 0 saturated carbocycles. The van der Waals surface area contributed by atoms with Crippen molar-refractivity contribution < 1.29 is 18.0 Å². The van der Waals surface area contributed by atoms with Crippen molar-refractivity contribution in [1.29, 1.82) is 0 Å². The van der Waals surface area contributed by atoms with E-state index in [1.54, 1.807) is 24.3 Å². The van der Waals surface area contributed by atoms with Crippen molar-refractivity contribution in [1.82, 2.24) is 4.31 Å². The normalized spacial score (nSPS) is 23.1. The van der Waals surface area contributed by atoms with E-state index in [0.29, 0.717) is 41.7 Å². The predicted octanol–water partition coefficient (Wildman–Crippen LogP) is 3.15. The summed E-state index contributed by atoms with van der Waals surface area (Å²) < 4.78 is 27.5. The number of amides is 2. The predicted molar refractivity (Wildman–Crippen MR) is 106 cm³/mol. The van der Waals surface area contributed by atoms with E-state index in [-0.39, 0.29) is 4.90 Å². The number of anilines is 1. The van der Waals surface area contributed by atoms with Gasteiger partial charge in [0.2, 0.25) is 10.0 Å². The third-order valence-corrected chi connectivity index (χ3v) is 7.21.